The topological polar surface area (TPSA) is 81.0 Å². The van der Waals surface area contributed by atoms with E-state index >= 15 is 0 Å². The molecule has 8 heteroatoms. The van der Waals surface area contributed by atoms with Crippen molar-refractivity contribution in [2.75, 3.05) is 5.32 Å². The lowest BCUT2D eigenvalue weighted by molar-refractivity contribution is -0.384. The molecule has 1 N–H and O–H groups in total. The van der Waals surface area contributed by atoms with E-state index in [1.165, 1.54) is 6.33 Å². The van der Waals surface area contributed by atoms with Crippen LogP contribution < -0.4 is 5.32 Å². The molecule has 0 spiro atoms. The van der Waals surface area contributed by atoms with Gasteiger partial charge in [-0.3, -0.25) is 10.1 Å². The second-order valence-electron chi connectivity index (χ2n) is 3.73. The molecule has 0 aliphatic rings. The molecule has 0 fully saturated rings. The summed E-state index contributed by atoms with van der Waals surface area (Å²) in [6.07, 6.45) is 1.17. The molecule has 19 heavy (non-hydrogen) atoms. The van der Waals surface area contributed by atoms with Crippen molar-refractivity contribution in [2.45, 2.75) is 6.92 Å². The Hall–Kier alpha value is -1.73. The molecular weight excluding hydrogens is 336 g/mol. The minimum Gasteiger partial charge on any atom is -0.333 e. The van der Waals surface area contributed by atoms with Gasteiger partial charge in [-0.05, 0) is 40.5 Å². The van der Waals surface area contributed by atoms with Gasteiger partial charge in [-0.25, -0.2) is 9.97 Å². The van der Waals surface area contributed by atoms with E-state index in [9.17, 15) is 10.1 Å². The minimum absolute atomic E-state index is 0.0521. The highest BCUT2D eigenvalue weighted by atomic mass is 79.9. The van der Waals surface area contributed by atoms with Gasteiger partial charge in [0.2, 0.25) is 11.0 Å². The van der Waals surface area contributed by atoms with Crippen LogP contribution in [0.2, 0.25) is 5.15 Å². The Balaban J connectivity index is 2.46. The maximum Gasteiger partial charge on any atom is 0.348 e. The summed E-state index contributed by atoms with van der Waals surface area (Å²) in [4.78, 5) is 17.8. The molecule has 1 aromatic carbocycles. The second-order valence-corrected chi connectivity index (χ2v) is 4.94. The van der Waals surface area contributed by atoms with Gasteiger partial charge in [-0.2, -0.15) is 0 Å². The van der Waals surface area contributed by atoms with E-state index in [2.05, 4.69) is 31.2 Å². The monoisotopic (exact) mass is 342 g/mol. The number of hydrogen-bond donors (Lipinski definition) is 1. The van der Waals surface area contributed by atoms with Crippen molar-refractivity contribution in [1.82, 2.24) is 9.97 Å². The highest BCUT2D eigenvalue weighted by Crippen LogP contribution is 2.33. The van der Waals surface area contributed by atoms with Gasteiger partial charge in [-0.15, -0.1) is 0 Å². The third-order valence-electron chi connectivity index (χ3n) is 2.34. The summed E-state index contributed by atoms with van der Waals surface area (Å²) in [6, 6.07) is 5.59. The highest BCUT2D eigenvalue weighted by Gasteiger charge is 2.22. The first kappa shape index (κ1) is 13.7. The minimum atomic E-state index is -0.617. The fourth-order valence-corrected chi connectivity index (χ4v) is 2.02. The smallest absolute Gasteiger partial charge is 0.333 e. The zero-order valence-electron chi connectivity index (χ0n) is 9.72. The predicted molar refractivity (Wildman–Crippen MR) is 75.9 cm³/mol. The van der Waals surface area contributed by atoms with E-state index in [1.807, 2.05) is 25.1 Å². The molecule has 0 saturated carbocycles. The van der Waals surface area contributed by atoms with Crippen LogP contribution in [0.5, 0.6) is 0 Å². The summed E-state index contributed by atoms with van der Waals surface area (Å²) in [5.74, 6) is 0.0521. The van der Waals surface area contributed by atoms with Crippen molar-refractivity contribution in [3.05, 3.63) is 49.8 Å². The number of rotatable bonds is 3. The van der Waals surface area contributed by atoms with E-state index in [1.54, 1.807) is 0 Å². The molecule has 1 heterocycles. The van der Waals surface area contributed by atoms with Crippen molar-refractivity contribution < 1.29 is 4.92 Å². The van der Waals surface area contributed by atoms with E-state index < -0.39 is 4.92 Å². The molecule has 0 bridgehead atoms. The summed E-state index contributed by atoms with van der Waals surface area (Å²) >= 11 is 9.08. The van der Waals surface area contributed by atoms with Crippen LogP contribution in [0.4, 0.5) is 17.2 Å². The van der Waals surface area contributed by atoms with Crippen LogP contribution in [-0.2, 0) is 0 Å². The van der Waals surface area contributed by atoms with Crippen LogP contribution in [0.3, 0.4) is 0 Å². The van der Waals surface area contributed by atoms with Gasteiger partial charge in [0.05, 0.1) is 10.6 Å². The largest absolute Gasteiger partial charge is 0.348 e. The molecule has 0 aliphatic carbocycles. The Kier molecular flexibility index (Phi) is 3.96. The number of anilines is 2. The SMILES string of the molecule is Cc1ccc(Br)c(Nc2ncnc(Cl)c2[N+](=O)[O-])c1. The van der Waals surface area contributed by atoms with E-state index in [-0.39, 0.29) is 16.7 Å². The van der Waals surface area contributed by atoms with Crippen LogP contribution >= 0.6 is 27.5 Å². The van der Waals surface area contributed by atoms with Crippen LogP contribution in [0.25, 0.3) is 0 Å². The third-order valence-corrected chi connectivity index (χ3v) is 3.30. The number of halogens is 2. The quantitative estimate of drug-likeness (QED) is 0.520. The maximum atomic E-state index is 11.0. The first-order valence-electron chi connectivity index (χ1n) is 5.17. The molecule has 0 amide bonds. The Morgan fingerprint density at radius 2 is 2.16 bits per heavy atom. The Bertz CT molecular complexity index is 651. The van der Waals surface area contributed by atoms with E-state index in [4.69, 9.17) is 11.6 Å². The summed E-state index contributed by atoms with van der Waals surface area (Å²) in [5, 5.41) is 13.7. The van der Waals surface area contributed by atoms with Gasteiger partial charge in [0, 0.05) is 4.47 Å². The summed E-state index contributed by atoms with van der Waals surface area (Å²) in [7, 11) is 0. The zero-order valence-corrected chi connectivity index (χ0v) is 12.1. The standard InChI is InChI=1S/C11H8BrClN4O2/c1-6-2-3-7(12)8(4-6)16-11-9(17(18)19)10(13)14-5-15-11/h2-5H,1H3,(H,14,15,16). The lowest BCUT2D eigenvalue weighted by atomic mass is 10.2. The summed E-state index contributed by atoms with van der Waals surface area (Å²) in [6.45, 7) is 1.92. The average Bonchev–Trinajstić information content (AvgIpc) is 2.33. The van der Waals surface area contributed by atoms with Crippen LogP contribution in [0.1, 0.15) is 5.56 Å². The Labute approximate surface area is 122 Å². The lowest BCUT2D eigenvalue weighted by Gasteiger charge is -2.09. The van der Waals surface area contributed by atoms with Gasteiger partial charge in [-0.1, -0.05) is 17.7 Å². The van der Waals surface area contributed by atoms with Gasteiger partial charge in [0.1, 0.15) is 6.33 Å². The number of nitrogens with zero attached hydrogens (tertiary/aromatic N) is 3. The Morgan fingerprint density at radius 1 is 1.42 bits per heavy atom. The Morgan fingerprint density at radius 3 is 2.84 bits per heavy atom. The molecule has 0 atom stereocenters. The van der Waals surface area contributed by atoms with Crippen molar-refractivity contribution >= 4 is 44.7 Å². The molecule has 0 aliphatic heterocycles. The van der Waals surface area contributed by atoms with Gasteiger partial charge in [0.15, 0.2) is 0 Å². The molecule has 6 nitrogen and oxygen atoms in total. The molecule has 0 saturated heterocycles. The zero-order chi connectivity index (χ0) is 14.0. The molecule has 1 aromatic heterocycles. The fraction of sp³-hybridized carbons (Fsp3) is 0.0909. The number of nitro groups is 1. The fourth-order valence-electron chi connectivity index (χ4n) is 1.47. The molecule has 0 radical (unpaired) electrons. The van der Waals surface area contributed by atoms with E-state index in [0.717, 1.165) is 10.0 Å². The summed E-state index contributed by atoms with van der Waals surface area (Å²) in [5.41, 5.74) is 1.32. The van der Waals surface area contributed by atoms with Crippen LogP contribution in [0, 0.1) is 17.0 Å². The molecule has 0 unspecified atom stereocenters. The molecule has 2 rings (SSSR count). The van der Waals surface area contributed by atoms with Crippen LogP contribution in [-0.4, -0.2) is 14.9 Å². The molecule has 2 aromatic rings. The second kappa shape index (κ2) is 5.50. The first-order chi connectivity index (χ1) is 8.99. The highest BCUT2D eigenvalue weighted by molar-refractivity contribution is 9.10. The van der Waals surface area contributed by atoms with Crippen molar-refractivity contribution in [1.29, 1.82) is 0 Å². The van der Waals surface area contributed by atoms with Crippen molar-refractivity contribution in [3.63, 3.8) is 0 Å². The third kappa shape index (κ3) is 2.99. The lowest BCUT2D eigenvalue weighted by Crippen LogP contribution is -2.02. The number of aromatic nitrogens is 2. The van der Waals surface area contributed by atoms with Gasteiger partial charge >= 0.3 is 5.69 Å². The first-order valence-corrected chi connectivity index (χ1v) is 6.34. The van der Waals surface area contributed by atoms with Gasteiger partial charge < -0.3 is 5.32 Å². The molecule has 98 valence electrons. The normalized spacial score (nSPS) is 10.3. The number of benzene rings is 1. The summed E-state index contributed by atoms with van der Waals surface area (Å²) < 4.78 is 0.766. The van der Waals surface area contributed by atoms with E-state index in [0.29, 0.717) is 5.69 Å². The average molecular weight is 344 g/mol. The predicted octanol–water partition coefficient (Wildman–Crippen LogP) is 3.85. The van der Waals surface area contributed by atoms with Crippen molar-refractivity contribution in [2.24, 2.45) is 0 Å². The number of hydrogen-bond acceptors (Lipinski definition) is 5. The molecular formula is C11H8BrClN4O2. The number of nitrogens with one attached hydrogen (secondary N) is 1. The van der Waals surface area contributed by atoms with Crippen molar-refractivity contribution in [3.8, 4) is 0 Å². The maximum absolute atomic E-state index is 11.0. The van der Waals surface area contributed by atoms with Gasteiger partial charge in [0.25, 0.3) is 0 Å². The number of aryl methyl sites for hydroxylation is 1. The van der Waals surface area contributed by atoms with Crippen LogP contribution in [0.15, 0.2) is 29.0 Å².